The highest BCUT2D eigenvalue weighted by Crippen LogP contribution is 2.31. The quantitative estimate of drug-likeness (QED) is 0.750. The van der Waals surface area contributed by atoms with Gasteiger partial charge in [0.15, 0.2) is 0 Å². The van der Waals surface area contributed by atoms with E-state index in [1.54, 1.807) is 0 Å². The molecule has 30 heavy (non-hydrogen) atoms. The summed E-state index contributed by atoms with van der Waals surface area (Å²) in [5, 5.41) is 3.24. The van der Waals surface area contributed by atoms with Crippen LogP contribution in [0.4, 0.5) is 11.4 Å². The molecule has 0 radical (unpaired) electrons. The van der Waals surface area contributed by atoms with Gasteiger partial charge in [-0.2, -0.15) is 0 Å². The Morgan fingerprint density at radius 2 is 1.53 bits per heavy atom. The predicted octanol–water partition coefficient (Wildman–Crippen LogP) is 3.04. The van der Waals surface area contributed by atoms with Crippen LogP contribution >= 0.6 is 0 Å². The summed E-state index contributed by atoms with van der Waals surface area (Å²) in [5.41, 5.74) is 3.53. The van der Waals surface area contributed by atoms with Crippen LogP contribution in [0.1, 0.15) is 18.9 Å². The highest BCUT2D eigenvalue weighted by atomic mass is 16.2. The molecule has 6 nitrogen and oxygen atoms in total. The van der Waals surface area contributed by atoms with Crippen LogP contribution in [0, 0.1) is 0 Å². The van der Waals surface area contributed by atoms with Gasteiger partial charge in [0.25, 0.3) is 11.8 Å². The molecule has 4 rings (SSSR count). The lowest BCUT2D eigenvalue weighted by molar-refractivity contribution is -0.136. The van der Waals surface area contributed by atoms with Gasteiger partial charge in [0, 0.05) is 44.1 Å². The maximum atomic E-state index is 13.0. The van der Waals surface area contributed by atoms with Gasteiger partial charge >= 0.3 is 0 Å². The number of amides is 2. The van der Waals surface area contributed by atoms with Gasteiger partial charge in [-0.25, -0.2) is 0 Å². The Morgan fingerprint density at radius 3 is 2.17 bits per heavy atom. The third-order valence-corrected chi connectivity index (χ3v) is 5.68. The fourth-order valence-corrected chi connectivity index (χ4v) is 3.96. The Labute approximate surface area is 177 Å². The molecule has 0 unspecified atom stereocenters. The second kappa shape index (κ2) is 8.71. The predicted molar refractivity (Wildman–Crippen MR) is 120 cm³/mol. The molecule has 156 valence electrons. The zero-order valence-electron chi connectivity index (χ0n) is 17.6. The molecule has 2 aromatic carbocycles. The molecule has 2 aliphatic heterocycles. The van der Waals surface area contributed by atoms with Gasteiger partial charge in [-0.05, 0) is 43.3 Å². The van der Waals surface area contributed by atoms with Crippen molar-refractivity contribution in [1.82, 2.24) is 9.80 Å². The van der Waals surface area contributed by atoms with E-state index in [-0.39, 0.29) is 11.8 Å². The molecule has 1 N–H and O–H groups in total. The Kier molecular flexibility index (Phi) is 5.86. The van der Waals surface area contributed by atoms with E-state index in [0.717, 1.165) is 43.9 Å². The van der Waals surface area contributed by atoms with E-state index in [4.69, 9.17) is 0 Å². The maximum absolute atomic E-state index is 13.0. The molecule has 0 saturated carbocycles. The molecule has 2 aliphatic rings. The number of benzene rings is 2. The monoisotopic (exact) mass is 404 g/mol. The van der Waals surface area contributed by atoms with E-state index in [2.05, 4.69) is 34.3 Å². The van der Waals surface area contributed by atoms with Crippen LogP contribution in [0.3, 0.4) is 0 Å². The third kappa shape index (κ3) is 3.96. The molecule has 1 saturated heterocycles. The average molecular weight is 405 g/mol. The molecular weight excluding hydrogens is 376 g/mol. The lowest BCUT2D eigenvalue weighted by Crippen LogP contribution is -2.44. The number of imide groups is 1. The van der Waals surface area contributed by atoms with Crippen molar-refractivity contribution in [3.8, 4) is 0 Å². The summed E-state index contributed by atoms with van der Waals surface area (Å²) >= 11 is 0. The zero-order chi connectivity index (χ0) is 21.1. The lowest BCUT2D eigenvalue weighted by Gasteiger charge is -2.34. The number of nitrogens with one attached hydrogen (secondary N) is 1. The molecule has 0 spiro atoms. The average Bonchev–Trinajstić information content (AvgIpc) is 3.00. The smallest absolute Gasteiger partial charge is 0.278 e. The minimum atomic E-state index is -0.260. The van der Waals surface area contributed by atoms with Crippen molar-refractivity contribution in [2.75, 3.05) is 50.0 Å². The Balaban J connectivity index is 1.60. The van der Waals surface area contributed by atoms with Crippen LogP contribution in [0.15, 0.2) is 60.3 Å². The number of hydrogen-bond donors (Lipinski definition) is 1. The maximum Gasteiger partial charge on any atom is 0.278 e. The molecule has 0 aliphatic carbocycles. The first-order chi connectivity index (χ1) is 14.6. The number of likely N-dealkylation sites (N-methyl/N-ethyl adjacent to an activating group) is 1. The van der Waals surface area contributed by atoms with Crippen molar-refractivity contribution in [3.63, 3.8) is 0 Å². The van der Waals surface area contributed by atoms with Gasteiger partial charge in [-0.1, -0.05) is 37.3 Å². The molecule has 0 bridgehead atoms. The SMILES string of the molecule is CCCN1C(=O)C(Nc2ccc(N3CCN(C)CC3)cc2)=C(c2ccccc2)C1=O. The summed E-state index contributed by atoms with van der Waals surface area (Å²) in [7, 11) is 2.14. The van der Waals surface area contributed by atoms with Crippen LogP contribution in [-0.4, -0.2) is 61.4 Å². The van der Waals surface area contributed by atoms with Gasteiger partial charge in [0.1, 0.15) is 5.70 Å². The van der Waals surface area contributed by atoms with Crippen LogP contribution in [0.5, 0.6) is 0 Å². The lowest BCUT2D eigenvalue weighted by atomic mass is 10.0. The third-order valence-electron chi connectivity index (χ3n) is 5.68. The molecule has 0 atom stereocenters. The first-order valence-corrected chi connectivity index (χ1v) is 10.5. The van der Waals surface area contributed by atoms with Crippen LogP contribution in [-0.2, 0) is 9.59 Å². The number of carbonyl (C=O) groups excluding carboxylic acids is 2. The zero-order valence-corrected chi connectivity index (χ0v) is 17.6. The van der Waals surface area contributed by atoms with E-state index in [1.165, 1.54) is 10.6 Å². The van der Waals surface area contributed by atoms with Gasteiger partial charge in [0.05, 0.1) is 5.57 Å². The summed E-state index contributed by atoms with van der Waals surface area (Å²) < 4.78 is 0. The normalized spacial score (nSPS) is 17.8. The number of hydrogen-bond acceptors (Lipinski definition) is 5. The van der Waals surface area contributed by atoms with Crippen molar-refractivity contribution < 1.29 is 9.59 Å². The largest absolute Gasteiger partial charge is 0.369 e. The second-order valence-electron chi connectivity index (χ2n) is 7.84. The van der Waals surface area contributed by atoms with E-state index in [1.807, 2.05) is 49.4 Å². The van der Waals surface area contributed by atoms with Crippen LogP contribution < -0.4 is 10.2 Å². The molecule has 2 aromatic rings. The van der Waals surface area contributed by atoms with Gasteiger partial charge in [0.2, 0.25) is 0 Å². The van der Waals surface area contributed by atoms with Crippen molar-refractivity contribution in [1.29, 1.82) is 0 Å². The Morgan fingerprint density at radius 1 is 0.867 bits per heavy atom. The molecule has 2 amide bonds. The minimum Gasteiger partial charge on any atom is -0.369 e. The number of piperazine rings is 1. The van der Waals surface area contributed by atoms with Crippen molar-refractivity contribution in [3.05, 3.63) is 65.9 Å². The molecular formula is C24H28N4O2. The van der Waals surface area contributed by atoms with Crippen LogP contribution in [0.2, 0.25) is 0 Å². The summed E-state index contributed by atoms with van der Waals surface area (Å²) in [5.74, 6) is -0.492. The van der Waals surface area contributed by atoms with Gasteiger partial charge in [-0.15, -0.1) is 0 Å². The molecule has 1 fully saturated rings. The first-order valence-electron chi connectivity index (χ1n) is 10.5. The van der Waals surface area contributed by atoms with E-state index in [0.29, 0.717) is 17.8 Å². The first kappa shape index (κ1) is 20.2. The number of anilines is 2. The topological polar surface area (TPSA) is 55.9 Å². The fourth-order valence-electron chi connectivity index (χ4n) is 3.96. The molecule has 2 heterocycles. The summed E-state index contributed by atoms with van der Waals surface area (Å²) in [4.78, 5) is 32.0. The van der Waals surface area contributed by atoms with E-state index < -0.39 is 0 Å². The minimum absolute atomic E-state index is 0.232. The number of nitrogens with zero attached hydrogens (tertiary/aromatic N) is 3. The summed E-state index contributed by atoms with van der Waals surface area (Å²) in [6, 6.07) is 17.5. The summed E-state index contributed by atoms with van der Waals surface area (Å²) in [6.07, 6.45) is 0.729. The Bertz CT molecular complexity index is 945. The fraction of sp³-hybridized carbons (Fsp3) is 0.333. The molecule has 0 aromatic heterocycles. The van der Waals surface area contributed by atoms with Crippen LogP contribution in [0.25, 0.3) is 5.57 Å². The standard InChI is InChI=1S/C24H28N4O2/c1-3-13-28-23(29)21(18-7-5-4-6-8-18)22(24(28)30)25-19-9-11-20(12-10-19)27-16-14-26(2)15-17-27/h4-12,25H,3,13-17H2,1-2H3. The second-order valence-corrected chi connectivity index (χ2v) is 7.84. The Hall–Kier alpha value is -3.12. The number of carbonyl (C=O) groups is 2. The van der Waals surface area contributed by atoms with Gasteiger partial charge < -0.3 is 15.1 Å². The highest BCUT2D eigenvalue weighted by Gasteiger charge is 2.38. The van der Waals surface area contributed by atoms with Gasteiger partial charge in [-0.3, -0.25) is 14.5 Å². The summed E-state index contributed by atoms with van der Waals surface area (Å²) in [6.45, 7) is 6.50. The highest BCUT2D eigenvalue weighted by molar-refractivity contribution is 6.36. The van der Waals surface area contributed by atoms with Crippen molar-refractivity contribution in [2.45, 2.75) is 13.3 Å². The van der Waals surface area contributed by atoms with E-state index >= 15 is 0 Å². The van der Waals surface area contributed by atoms with Crippen molar-refractivity contribution in [2.24, 2.45) is 0 Å². The van der Waals surface area contributed by atoms with Crippen molar-refractivity contribution >= 4 is 28.8 Å². The number of rotatable bonds is 6. The van der Waals surface area contributed by atoms with E-state index in [9.17, 15) is 9.59 Å². The molecule has 6 heteroatoms.